The molecule has 0 N–H and O–H groups in total. The molecule has 6 nitrogen and oxygen atoms in total. The van der Waals surface area contributed by atoms with Crippen molar-refractivity contribution in [2.24, 2.45) is 0 Å². The maximum atomic E-state index is 12.4. The topological polar surface area (TPSA) is 64.8 Å². The van der Waals surface area contributed by atoms with Gasteiger partial charge < -0.3 is 18.8 Å². The van der Waals surface area contributed by atoms with Crippen molar-refractivity contribution in [2.45, 2.75) is 13.8 Å². The summed E-state index contributed by atoms with van der Waals surface area (Å²) < 4.78 is 17.1. The summed E-state index contributed by atoms with van der Waals surface area (Å²) in [7, 11) is 0. The number of hydrogen-bond donors (Lipinski definition) is 0. The van der Waals surface area contributed by atoms with E-state index in [1.54, 1.807) is 4.90 Å². The zero-order valence-corrected chi connectivity index (χ0v) is 15.5. The third-order valence-electron chi connectivity index (χ3n) is 4.62. The lowest BCUT2D eigenvalue weighted by Crippen LogP contribution is -2.43. The van der Waals surface area contributed by atoms with E-state index in [9.17, 15) is 4.79 Å². The summed E-state index contributed by atoms with van der Waals surface area (Å²) in [5, 5.41) is 0. The fraction of sp³-hybridized carbons (Fsp3) is 0.333. The summed E-state index contributed by atoms with van der Waals surface area (Å²) in [6, 6.07) is 11.7. The monoisotopic (exact) mass is 366 g/mol. The van der Waals surface area contributed by atoms with Crippen LogP contribution in [0.1, 0.15) is 11.1 Å². The van der Waals surface area contributed by atoms with Gasteiger partial charge in [-0.3, -0.25) is 4.79 Å². The highest BCUT2D eigenvalue weighted by Crippen LogP contribution is 2.33. The number of benzene rings is 2. The van der Waals surface area contributed by atoms with Gasteiger partial charge in [-0.2, -0.15) is 0 Å². The molecule has 1 aliphatic rings. The quantitative estimate of drug-likeness (QED) is 0.708. The molecule has 3 aromatic rings. The molecule has 0 spiro atoms. The second kappa shape index (κ2) is 7.40. The van der Waals surface area contributed by atoms with Gasteiger partial charge in [0.1, 0.15) is 11.3 Å². The summed E-state index contributed by atoms with van der Waals surface area (Å²) in [5.41, 5.74) is 4.47. The largest absolute Gasteiger partial charge is 0.483 e. The van der Waals surface area contributed by atoms with E-state index in [2.05, 4.69) is 4.98 Å². The predicted octanol–water partition coefficient (Wildman–Crippen LogP) is 3.35. The number of morpholine rings is 1. The Kier molecular flexibility index (Phi) is 4.81. The molecule has 6 heteroatoms. The molecule has 1 aromatic heterocycles. The molecular weight excluding hydrogens is 344 g/mol. The van der Waals surface area contributed by atoms with Crippen molar-refractivity contribution >= 4 is 17.0 Å². The van der Waals surface area contributed by atoms with E-state index in [-0.39, 0.29) is 12.5 Å². The number of aromatic nitrogens is 1. The van der Waals surface area contributed by atoms with Crippen molar-refractivity contribution < 1.29 is 18.7 Å². The third-order valence-corrected chi connectivity index (χ3v) is 4.62. The number of hydrogen-bond acceptors (Lipinski definition) is 5. The summed E-state index contributed by atoms with van der Waals surface area (Å²) >= 11 is 0. The van der Waals surface area contributed by atoms with Gasteiger partial charge in [-0.15, -0.1) is 0 Å². The molecule has 2 heterocycles. The van der Waals surface area contributed by atoms with Crippen LogP contribution in [0.2, 0.25) is 0 Å². The number of fused-ring (bicyclic) bond motifs is 1. The first-order valence-electron chi connectivity index (χ1n) is 9.07. The van der Waals surface area contributed by atoms with E-state index in [1.807, 2.05) is 50.2 Å². The lowest BCUT2D eigenvalue weighted by Gasteiger charge is -2.26. The molecule has 0 aliphatic carbocycles. The van der Waals surface area contributed by atoms with E-state index in [0.29, 0.717) is 37.9 Å². The Morgan fingerprint density at radius 1 is 1.11 bits per heavy atom. The van der Waals surface area contributed by atoms with Gasteiger partial charge in [0.2, 0.25) is 5.89 Å². The Hall–Kier alpha value is -2.86. The molecule has 4 rings (SSSR count). The Morgan fingerprint density at radius 2 is 1.85 bits per heavy atom. The van der Waals surface area contributed by atoms with Gasteiger partial charge in [0.15, 0.2) is 12.2 Å². The van der Waals surface area contributed by atoms with Gasteiger partial charge >= 0.3 is 0 Å². The number of ether oxygens (including phenoxy) is 2. The van der Waals surface area contributed by atoms with Crippen LogP contribution < -0.4 is 4.74 Å². The van der Waals surface area contributed by atoms with Crippen molar-refractivity contribution in [2.75, 3.05) is 32.9 Å². The molecule has 1 amide bonds. The van der Waals surface area contributed by atoms with Crippen LogP contribution in [0.15, 0.2) is 40.8 Å². The van der Waals surface area contributed by atoms with Crippen LogP contribution in [-0.4, -0.2) is 48.7 Å². The average Bonchev–Trinajstić information content (AvgIpc) is 3.10. The molecule has 140 valence electrons. The Balaban J connectivity index is 1.59. The van der Waals surface area contributed by atoms with E-state index in [4.69, 9.17) is 13.9 Å². The number of aryl methyl sites for hydroxylation is 2. The van der Waals surface area contributed by atoms with Gasteiger partial charge in [-0.05, 0) is 43.7 Å². The minimum absolute atomic E-state index is 0.0185. The first-order chi connectivity index (χ1) is 13.1. The molecule has 1 fully saturated rings. The standard InChI is InChI=1S/C21H22N2O4/c1-14-3-5-18(26-13-20(24)23-7-9-25-10-8-23)16(11-14)21-22-17-12-15(2)4-6-19(17)27-21/h3-6,11-12H,7-10,13H2,1-2H3. The van der Waals surface area contributed by atoms with Crippen molar-refractivity contribution in [1.29, 1.82) is 0 Å². The van der Waals surface area contributed by atoms with Crippen LogP contribution in [0.5, 0.6) is 5.75 Å². The number of amides is 1. The Morgan fingerprint density at radius 3 is 2.67 bits per heavy atom. The predicted molar refractivity (Wildman–Crippen MR) is 102 cm³/mol. The number of oxazole rings is 1. The second-order valence-electron chi connectivity index (χ2n) is 6.77. The first-order valence-corrected chi connectivity index (χ1v) is 9.07. The maximum absolute atomic E-state index is 12.4. The van der Waals surface area contributed by atoms with Crippen molar-refractivity contribution in [3.05, 3.63) is 47.5 Å². The van der Waals surface area contributed by atoms with Gasteiger partial charge in [0, 0.05) is 13.1 Å². The summed E-state index contributed by atoms with van der Waals surface area (Å²) in [4.78, 5) is 18.7. The lowest BCUT2D eigenvalue weighted by molar-refractivity contribution is -0.137. The smallest absolute Gasteiger partial charge is 0.260 e. The fourth-order valence-electron chi connectivity index (χ4n) is 3.13. The Bertz CT molecular complexity index is 973. The third kappa shape index (κ3) is 3.80. The molecule has 0 atom stereocenters. The van der Waals surface area contributed by atoms with E-state index in [0.717, 1.165) is 27.8 Å². The normalized spacial score (nSPS) is 14.5. The van der Waals surface area contributed by atoms with E-state index < -0.39 is 0 Å². The Labute approximate surface area is 157 Å². The van der Waals surface area contributed by atoms with Gasteiger partial charge in [-0.25, -0.2) is 4.98 Å². The molecule has 1 saturated heterocycles. The average molecular weight is 366 g/mol. The molecule has 0 saturated carbocycles. The number of rotatable bonds is 4. The van der Waals surface area contributed by atoms with Crippen LogP contribution >= 0.6 is 0 Å². The van der Waals surface area contributed by atoms with Gasteiger partial charge in [0.25, 0.3) is 5.91 Å². The molecule has 0 radical (unpaired) electrons. The number of carbonyl (C=O) groups is 1. The summed E-state index contributed by atoms with van der Waals surface area (Å²) in [6.07, 6.45) is 0. The van der Waals surface area contributed by atoms with Gasteiger partial charge in [0.05, 0.1) is 18.8 Å². The van der Waals surface area contributed by atoms with E-state index >= 15 is 0 Å². The van der Waals surface area contributed by atoms with Crippen molar-refractivity contribution in [3.63, 3.8) is 0 Å². The molecule has 0 bridgehead atoms. The maximum Gasteiger partial charge on any atom is 0.260 e. The lowest BCUT2D eigenvalue weighted by atomic mass is 10.1. The highest BCUT2D eigenvalue weighted by Gasteiger charge is 2.19. The number of carbonyl (C=O) groups excluding carboxylic acids is 1. The molecule has 2 aromatic carbocycles. The van der Waals surface area contributed by atoms with Crippen molar-refractivity contribution in [3.8, 4) is 17.2 Å². The highest BCUT2D eigenvalue weighted by molar-refractivity contribution is 5.80. The molecular formula is C21H22N2O4. The van der Waals surface area contributed by atoms with Crippen LogP contribution in [0, 0.1) is 13.8 Å². The van der Waals surface area contributed by atoms with Crippen molar-refractivity contribution in [1.82, 2.24) is 9.88 Å². The highest BCUT2D eigenvalue weighted by atomic mass is 16.5. The van der Waals surface area contributed by atoms with Gasteiger partial charge in [-0.1, -0.05) is 17.7 Å². The second-order valence-corrected chi connectivity index (χ2v) is 6.77. The molecule has 0 unspecified atom stereocenters. The minimum atomic E-state index is -0.0435. The summed E-state index contributed by atoms with van der Waals surface area (Å²) in [6.45, 7) is 6.36. The number of nitrogens with zero attached hydrogens (tertiary/aromatic N) is 2. The fourth-order valence-corrected chi connectivity index (χ4v) is 3.13. The first kappa shape index (κ1) is 17.5. The van der Waals surface area contributed by atoms with Crippen LogP contribution in [-0.2, 0) is 9.53 Å². The molecule has 27 heavy (non-hydrogen) atoms. The van der Waals surface area contributed by atoms with Crippen LogP contribution in [0.4, 0.5) is 0 Å². The van der Waals surface area contributed by atoms with Crippen LogP contribution in [0.25, 0.3) is 22.6 Å². The minimum Gasteiger partial charge on any atom is -0.483 e. The zero-order chi connectivity index (χ0) is 18.8. The van der Waals surface area contributed by atoms with Crippen LogP contribution in [0.3, 0.4) is 0 Å². The summed E-state index contributed by atoms with van der Waals surface area (Å²) in [5.74, 6) is 1.04. The SMILES string of the molecule is Cc1ccc(OCC(=O)N2CCOCC2)c(-c2nc3cc(C)ccc3o2)c1. The zero-order valence-electron chi connectivity index (χ0n) is 15.5. The van der Waals surface area contributed by atoms with E-state index in [1.165, 1.54) is 0 Å². The molecule has 1 aliphatic heterocycles.